The number of ether oxygens (including phenoxy) is 4. The highest BCUT2D eigenvalue weighted by Gasteiger charge is 2.32. The fourth-order valence-electron chi connectivity index (χ4n) is 3.21. The summed E-state index contributed by atoms with van der Waals surface area (Å²) in [7, 11) is 0. The quantitative estimate of drug-likeness (QED) is 0.627. The standard InChI is InChI=1S/C20H23ClN2O7/c1-3-13-17(19(25)27-4-2)14(23-20(26)22-13)10-30-16(24)9-11-7-12(21)18-15(8-11)28-5-6-29-18/h7-8,13H,3-6,9-10H2,1-2H3,(H2,22,23,26). The molecular weight excluding hydrogens is 416 g/mol. The van der Waals surface area contributed by atoms with Gasteiger partial charge in [-0.2, -0.15) is 0 Å². The number of hydrogen-bond donors (Lipinski definition) is 2. The van der Waals surface area contributed by atoms with E-state index < -0.39 is 24.0 Å². The molecule has 2 aliphatic heterocycles. The van der Waals surface area contributed by atoms with Crippen LogP contribution in [-0.2, 0) is 25.5 Å². The number of urea groups is 1. The molecule has 3 rings (SSSR count). The molecule has 30 heavy (non-hydrogen) atoms. The van der Waals surface area contributed by atoms with E-state index >= 15 is 0 Å². The molecule has 0 fully saturated rings. The van der Waals surface area contributed by atoms with E-state index in [-0.39, 0.29) is 30.9 Å². The molecule has 0 saturated heterocycles. The van der Waals surface area contributed by atoms with Crippen molar-refractivity contribution < 1.29 is 33.3 Å². The number of esters is 2. The molecule has 1 aromatic carbocycles. The molecule has 2 aliphatic rings. The molecule has 162 valence electrons. The van der Waals surface area contributed by atoms with Gasteiger partial charge in [-0.15, -0.1) is 0 Å². The fourth-order valence-corrected chi connectivity index (χ4v) is 3.50. The molecule has 0 aliphatic carbocycles. The van der Waals surface area contributed by atoms with Gasteiger partial charge in [-0.05, 0) is 31.0 Å². The monoisotopic (exact) mass is 438 g/mol. The summed E-state index contributed by atoms with van der Waals surface area (Å²) >= 11 is 6.19. The lowest BCUT2D eigenvalue weighted by molar-refractivity contribution is -0.143. The van der Waals surface area contributed by atoms with Crippen LogP contribution in [-0.4, -0.2) is 50.4 Å². The third-order valence-corrected chi connectivity index (χ3v) is 4.81. The van der Waals surface area contributed by atoms with E-state index in [1.165, 1.54) is 0 Å². The van der Waals surface area contributed by atoms with E-state index in [2.05, 4.69) is 10.6 Å². The third kappa shape index (κ3) is 4.96. The van der Waals surface area contributed by atoms with Gasteiger partial charge in [-0.25, -0.2) is 9.59 Å². The molecule has 0 saturated carbocycles. The first-order valence-electron chi connectivity index (χ1n) is 9.64. The number of carbonyl (C=O) groups excluding carboxylic acids is 3. The van der Waals surface area contributed by atoms with E-state index in [1.54, 1.807) is 19.1 Å². The normalized spacial score (nSPS) is 17.7. The Hall–Kier alpha value is -2.94. The Morgan fingerprint density at radius 3 is 2.70 bits per heavy atom. The largest absolute Gasteiger partial charge is 0.486 e. The van der Waals surface area contributed by atoms with Crippen LogP contribution in [0, 0.1) is 0 Å². The molecular formula is C20H23ClN2O7. The van der Waals surface area contributed by atoms with Crippen molar-refractivity contribution in [2.24, 2.45) is 0 Å². The number of halogens is 1. The van der Waals surface area contributed by atoms with Crippen LogP contribution >= 0.6 is 11.6 Å². The van der Waals surface area contributed by atoms with E-state index in [9.17, 15) is 14.4 Å². The van der Waals surface area contributed by atoms with Crippen molar-refractivity contribution in [2.75, 3.05) is 26.4 Å². The maximum absolute atomic E-state index is 12.4. The van der Waals surface area contributed by atoms with Crippen molar-refractivity contribution in [1.29, 1.82) is 0 Å². The Morgan fingerprint density at radius 1 is 1.20 bits per heavy atom. The first-order valence-corrected chi connectivity index (χ1v) is 10.0. The van der Waals surface area contributed by atoms with Gasteiger partial charge in [0, 0.05) is 0 Å². The molecule has 0 spiro atoms. The van der Waals surface area contributed by atoms with Crippen LogP contribution in [0.15, 0.2) is 23.4 Å². The van der Waals surface area contributed by atoms with Crippen LogP contribution in [0.2, 0.25) is 5.02 Å². The Kier molecular flexibility index (Phi) is 7.04. The lowest BCUT2D eigenvalue weighted by Crippen LogP contribution is -2.51. The average Bonchev–Trinajstić information content (AvgIpc) is 2.71. The zero-order valence-corrected chi connectivity index (χ0v) is 17.5. The SMILES string of the molecule is CCOC(=O)C1=C(COC(=O)Cc2cc(Cl)c3c(c2)OCCO3)NC(=O)NC1CC. The molecule has 0 aromatic heterocycles. The molecule has 10 heteroatoms. The number of benzene rings is 1. The minimum absolute atomic E-state index is 0.0677. The van der Waals surface area contributed by atoms with Crippen molar-refractivity contribution in [2.45, 2.75) is 32.7 Å². The van der Waals surface area contributed by atoms with E-state index in [0.717, 1.165) is 0 Å². The minimum atomic E-state index is -0.568. The van der Waals surface area contributed by atoms with Gasteiger partial charge in [0.2, 0.25) is 0 Å². The van der Waals surface area contributed by atoms with Gasteiger partial charge >= 0.3 is 18.0 Å². The summed E-state index contributed by atoms with van der Waals surface area (Å²) in [6.07, 6.45) is 0.413. The highest BCUT2D eigenvalue weighted by atomic mass is 35.5. The van der Waals surface area contributed by atoms with Crippen molar-refractivity contribution in [1.82, 2.24) is 10.6 Å². The number of hydrogen-bond acceptors (Lipinski definition) is 7. The summed E-state index contributed by atoms with van der Waals surface area (Å²) in [5, 5.41) is 5.54. The zero-order valence-electron chi connectivity index (χ0n) is 16.7. The Morgan fingerprint density at radius 2 is 1.97 bits per heavy atom. The Balaban J connectivity index is 1.71. The van der Waals surface area contributed by atoms with E-state index in [4.69, 9.17) is 30.5 Å². The molecule has 1 unspecified atom stereocenters. The molecule has 2 heterocycles. The summed E-state index contributed by atoms with van der Waals surface area (Å²) in [6, 6.07) is 2.28. The molecule has 1 atom stereocenters. The van der Waals surface area contributed by atoms with Crippen molar-refractivity contribution >= 4 is 29.6 Å². The summed E-state index contributed by atoms with van der Waals surface area (Å²) in [4.78, 5) is 36.6. The van der Waals surface area contributed by atoms with Gasteiger partial charge in [0.25, 0.3) is 0 Å². The summed E-state index contributed by atoms with van der Waals surface area (Å²) in [5.41, 5.74) is 1.04. The van der Waals surface area contributed by atoms with Crippen LogP contribution in [0.4, 0.5) is 4.79 Å². The van der Waals surface area contributed by atoms with Crippen LogP contribution in [0.3, 0.4) is 0 Å². The molecule has 1 aromatic rings. The first kappa shape index (κ1) is 21.8. The number of amides is 2. The highest BCUT2D eigenvalue weighted by molar-refractivity contribution is 6.32. The highest BCUT2D eigenvalue weighted by Crippen LogP contribution is 2.38. The topological polar surface area (TPSA) is 112 Å². The third-order valence-electron chi connectivity index (χ3n) is 4.53. The van der Waals surface area contributed by atoms with Crippen LogP contribution in [0.5, 0.6) is 11.5 Å². The maximum Gasteiger partial charge on any atom is 0.338 e. The zero-order chi connectivity index (χ0) is 21.7. The molecule has 2 N–H and O–H groups in total. The lowest BCUT2D eigenvalue weighted by atomic mass is 10.0. The Bertz CT molecular complexity index is 884. The van der Waals surface area contributed by atoms with Gasteiger partial charge in [0.1, 0.15) is 19.8 Å². The summed E-state index contributed by atoms with van der Waals surface area (Å²) in [6.45, 7) is 4.23. The molecule has 0 radical (unpaired) electrons. The summed E-state index contributed by atoms with van der Waals surface area (Å²) < 4.78 is 21.3. The van der Waals surface area contributed by atoms with Gasteiger partial charge in [0.05, 0.1) is 35.4 Å². The van der Waals surface area contributed by atoms with Gasteiger partial charge < -0.3 is 29.6 Å². The summed E-state index contributed by atoms with van der Waals surface area (Å²) in [5.74, 6) is -0.201. The van der Waals surface area contributed by atoms with Gasteiger partial charge in [-0.1, -0.05) is 18.5 Å². The van der Waals surface area contributed by atoms with Crippen LogP contribution < -0.4 is 20.1 Å². The molecule has 9 nitrogen and oxygen atoms in total. The second-order valence-electron chi connectivity index (χ2n) is 6.61. The van der Waals surface area contributed by atoms with E-state index in [0.29, 0.717) is 41.7 Å². The molecule has 0 bridgehead atoms. The van der Waals surface area contributed by atoms with Crippen molar-refractivity contribution in [3.63, 3.8) is 0 Å². The minimum Gasteiger partial charge on any atom is -0.486 e. The predicted octanol–water partition coefficient (Wildman–Crippen LogP) is 2.11. The molecule has 2 amide bonds. The van der Waals surface area contributed by atoms with Crippen LogP contribution in [0.25, 0.3) is 0 Å². The first-order chi connectivity index (χ1) is 14.4. The average molecular weight is 439 g/mol. The number of carbonyl (C=O) groups is 3. The number of rotatable bonds is 7. The Labute approximate surface area is 178 Å². The number of nitrogens with one attached hydrogen (secondary N) is 2. The van der Waals surface area contributed by atoms with Crippen LogP contribution in [0.1, 0.15) is 25.8 Å². The van der Waals surface area contributed by atoms with Gasteiger partial charge in [-0.3, -0.25) is 4.79 Å². The smallest absolute Gasteiger partial charge is 0.338 e. The van der Waals surface area contributed by atoms with E-state index in [1.807, 2.05) is 6.92 Å². The van der Waals surface area contributed by atoms with Crippen molar-refractivity contribution in [3.05, 3.63) is 34.0 Å². The lowest BCUT2D eigenvalue weighted by Gasteiger charge is -2.28. The number of fused-ring (bicyclic) bond motifs is 1. The van der Waals surface area contributed by atoms with Crippen molar-refractivity contribution in [3.8, 4) is 11.5 Å². The second kappa shape index (κ2) is 9.71. The fraction of sp³-hybridized carbons (Fsp3) is 0.450. The second-order valence-corrected chi connectivity index (χ2v) is 7.02. The maximum atomic E-state index is 12.4. The van der Waals surface area contributed by atoms with Gasteiger partial charge in [0.15, 0.2) is 11.5 Å². The predicted molar refractivity (Wildman–Crippen MR) is 107 cm³/mol.